The maximum absolute atomic E-state index is 12.2. The molecule has 8 heteroatoms. The zero-order valence-corrected chi connectivity index (χ0v) is 12.2. The minimum atomic E-state index is -3.16. The Labute approximate surface area is 111 Å². The van der Waals surface area contributed by atoms with Gasteiger partial charge >= 0.3 is 7.60 Å². The first-order chi connectivity index (χ1) is 8.86. The summed E-state index contributed by atoms with van der Waals surface area (Å²) in [6, 6.07) is 0. The predicted molar refractivity (Wildman–Crippen MR) is 74.8 cm³/mol. The molecule has 0 radical (unpaired) electrons. The Morgan fingerprint density at radius 1 is 1.16 bits per heavy atom. The molecule has 0 aliphatic heterocycles. The van der Waals surface area contributed by atoms with Gasteiger partial charge in [-0.25, -0.2) is 0 Å². The van der Waals surface area contributed by atoms with Gasteiger partial charge < -0.3 is 19.7 Å². The summed E-state index contributed by atoms with van der Waals surface area (Å²) >= 11 is 0. The first-order valence-corrected chi connectivity index (χ1v) is 7.77. The molecule has 0 aliphatic carbocycles. The molecule has 19 heavy (non-hydrogen) atoms. The molecule has 0 amide bonds. The topological polar surface area (TPSA) is 98.9 Å². The van der Waals surface area contributed by atoms with Crippen molar-refractivity contribution in [1.82, 2.24) is 0 Å². The van der Waals surface area contributed by atoms with Crippen molar-refractivity contribution in [3.05, 3.63) is 20.4 Å². The summed E-state index contributed by atoms with van der Waals surface area (Å²) in [6.45, 7) is 4.27. The van der Waals surface area contributed by atoms with Gasteiger partial charge in [-0.3, -0.25) is 14.2 Å². The number of nitrogens with two attached hydrogens (primary N) is 1. The summed E-state index contributed by atoms with van der Waals surface area (Å²) in [6.07, 6.45) is 0.128. The van der Waals surface area contributed by atoms with Crippen molar-refractivity contribution >= 4 is 19.0 Å². The van der Waals surface area contributed by atoms with Crippen LogP contribution in [0.1, 0.15) is 13.8 Å². The highest BCUT2D eigenvalue weighted by Crippen LogP contribution is 2.47. The van der Waals surface area contributed by atoms with Gasteiger partial charge in [0.05, 0.1) is 19.4 Å². The lowest BCUT2D eigenvalue weighted by atomic mass is 10.2. The molecule has 0 aliphatic rings. The Hall–Kier alpha value is -1.17. The quantitative estimate of drug-likeness (QED) is 0.552. The molecule has 0 heterocycles. The molecule has 1 rings (SSSR count). The molecular weight excluding hydrogens is 271 g/mol. The Morgan fingerprint density at radius 2 is 1.68 bits per heavy atom. The monoisotopic (exact) mass is 290 g/mol. The fraction of sp³-hybridized carbons (Fsp3) is 0.636. The number of nitrogens with zero attached hydrogens (tertiary/aromatic N) is 1. The van der Waals surface area contributed by atoms with E-state index in [1.807, 2.05) is 0 Å². The summed E-state index contributed by atoms with van der Waals surface area (Å²) < 4.78 is 22.5. The number of hydrogen-bond acceptors (Lipinski definition) is 7. The van der Waals surface area contributed by atoms with Crippen LogP contribution in [0.2, 0.25) is 0 Å². The standard InChI is InChI=1S/C11H19N2O5P/c1-4-17-19(16,18-5-2)7-6-13(3)9-8(12)10(14)11(9)15/h4-7,12H2,1-3H3. The van der Waals surface area contributed by atoms with E-state index in [2.05, 4.69) is 0 Å². The fourth-order valence-corrected chi connectivity index (χ4v) is 3.38. The van der Waals surface area contributed by atoms with Gasteiger partial charge in [0, 0.05) is 13.6 Å². The first kappa shape index (κ1) is 15.9. The zero-order chi connectivity index (χ0) is 14.6. The van der Waals surface area contributed by atoms with Crippen molar-refractivity contribution in [2.75, 3.05) is 43.6 Å². The third-order valence-corrected chi connectivity index (χ3v) is 4.71. The molecule has 0 unspecified atom stereocenters. The Balaban J connectivity index is 2.68. The van der Waals surface area contributed by atoms with Gasteiger partial charge in [-0.2, -0.15) is 0 Å². The molecule has 2 N–H and O–H groups in total. The maximum atomic E-state index is 12.2. The molecule has 0 saturated carbocycles. The molecule has 0 aromatic heterocycles. The fourth-order valence-electron chi connectivity index (χ4n) is 1.72. The van der Waals surface area contributed by atoms with Crippen molar-refractivity contribution in [2.45, 2.75) is 13.8 Å². The normalized spacial score (nSPS) is 11.9. The van der Waals surface area contributed by atoms with E-state index in [9.17, 15) is 14.2 Å². The van der Waals surface area contributed by atoms with Crippen LogP contribution in [0.5, 0.6) is 0 Å². The average molecular weight is 290 g/mol. The van der Waals surface area contributed by atoms with E-state index < -0.39 is 18.5 Å². The van der Waals surface area contributed by atoms with Crippen LogP contribution in [0, 0.1) is 0 Å². The van der Waals surface area contributed by atoms with Crippen molar-refractivity contribution in [1.29, 1.82) is 0 Å². The van der Waals surface area contributed by atoms with Crippen molar-refractivity contribution in [2.24, 2.45) is 0 Å². The van der Waals surface area contributed by atoms with E-state index in [4.69, 9.17) is 14.8 Å². The average Bonchev–Trinajstić information content (AvgIpc) is 2.37. The largest absolute Gasteiger partial charge is 0.394 e. The Bertz CT molecular complexity index is 539. The summed E-state index contributed by atoms with van der Waals surface area (Å²) in [5.41, 5.74) is 4.30. The van der Waals surface area contributed by atoms with Crippen LogP contribution in [-0.2, 0) is 13.6 Å². The van der Waals surface area contributed by atoms with Crippen LogP contribution in [0.25, 0.3) is 0 Å². The summed E-state index contributed by atoms with van der Waals surface area (Å²) in [5, 5.41) is 0. The van der Waals surface area contributed by atoms with Gasteiger partial charge in [-0.15, -0.1) is 0 Å². The number of nitrogen functional groups attached to an aromatic ring is 1. The maximum Gasteiger partial charge on any atom is 0.332 e. The second-order valence-electron chi connectivity index (χ2n) is 4.01. The van der Waals surface area contributed by atoms with E-state index in [0.717, 1.165) is 0 Å². The van der Waals surface area contributed by atoms with E-state index in [-0.39, 0.29) is 37.3 Å². The van der Waals surface area contributed by atoms with Gasteiger partial charge in [-0.1, -0.05) is 0 Å². The smallest absolute Gasteiger partial charge is 0.332 e. The molecule has 0 spiro atoms. The lowest BCUT2D eigenvalue weighted by Gasteiger charge is -2.24. The highest BCUT2D eigenvalue weighted by Gasteiger charge is 2.27. The third kappa shape index (κ3) is 3.43. The minimum Gasteiger partial charge on any atom is -0.394 e. The number of hydrogen-bond donors (Lipinski definition) is 1. The zero-order valence-electron chi connectivity index (χ0n) is 11.3. The van der Waals surface area contributed by atoms with Crippen LogP contribution in [0.15, 0.2) is 9.59 Å². The third-order valence-electron chi connectivity index (χ3n) is 2.66. The van der Waals surface area contributed by atoms with Crippen molar-refractivity contribution < 1.29 is 13.6 Å². The predicted octanol–water partition coefficient (Wildman–Crippen LogP) is 0.567. The molecule has 7 nitrogen and oxygen atoms in total. The van der Waals surface area contributed by atoms with E-state index in [0.29, 0.717) is 0 Å². The van der Waals surface area contributed by atoms with E-state index in [1.165, 1.54) is 4.90 Å². The molecule has 108 valence electrons. The van der Waals surface area contributed by atoms with Gasteiger partial charge in [0.1, 0.15) is 11.4 Å². The molecule has 0 bridgehead atoms. The molecule has 0 atom stereocenters. The summed E-state index contributed by atoms with van der Waals surface area (Å²) in [7, 11) is -1.55. The van der Waals surface area contributed by atoms with Gasteiger partial charge in [0.15, 0.2) is 0 Å². The first-order valence-electron chi connectivity index (χ1n) is 6.04. The molecular formula is C11H19N2O5P. The van der Waals surface area contributed by atoms with Gasteiger partial charge in [-0.05, 0) is 13.8 Å². The van der Waals surface area contributed by atoms with Crippen LogP contribution in [-0.4, -0.2) is 33.0 Å². The van der Waals surface area contributed by atoms with Crippen LogP contribution in [0.3, 0.4) is 0 Å². The minimum absolute atomic E-state index is 0.0462. The molecule has 0 fully saturated rings. The van der Waals surface area contributed by atoms with Crippen molar-refractivity contribution in [3.8, 4) is 0 Å². The highest BCUT2D eigenvalue weighted by atomic mass is 31.2. The second-order valence-corrected chi connectivity index (χ2v) is 6.20. The molecule has 1 aromatic carbocycles. The van der Waals surface area contributed by atoms with Crippen molar-refractivity contribution in [3.63, 3.8) is 0 Å². The Kier molecular flexibility index (Phi) is 5.29. The highest BCUT2D eigenvalue weighted by molar-refractivity contribution is 7.53. The lowest BCUT2D eigenvalue weighted by Crippen LogP contribution is -2.41. The van der Waals surface area contributed by atoms with Crippen LogP contribution < -0.4 is 21.5 Å². The Morgan fingerprint density at radius 3 is 2.11 bits per heavy atom. The van der Waals surface area contributed by atoms with Gasteiger partial charge in [0.25, 0.3) is 10.9 Å². The second kappa shape index (κ2) is 6.32. The molecule has 0 saturated heterocycles. The van der Waals surface area contributed by atoms with Gasteiger partial charge in [0.2, 0.25) is 0 Å². The van der Waals surface area contributed by atoms with Crippen LogP contribution >= 0.6 is 7.60 Å². The van der Waals surface area contributed by atoms with E-state index >= 15 is 0 Å². The number of anilines is 2. The summed E-state index contributed by atoms with van der Waals surface area (Å²) in [5.74, 6) is 0. The summed E-state index contributed by atoms with van der Waals surface area (Å²) in [4.78, 5) is 23.9. The number of rotatable bonds is 8. The lowest BCUT2D eigenvalue weighted by molar-refractivity contribution is 0.220. The SMILES string of the molecule is CCOP(=O)(CCN(C)c1c(N)c(=O)c1=O)OCC. The van der Waals surface area contributed by atoms with Crippen LogP contribution in [0.4, 0.5) is 11.4 Å². The van der Waals surface area contributed by atoms with E-state index in [1.54, 1.807) is 20.9 Å². The molecule has 1 aromatic rings.